The van der Waals surface area contributed by atoms with Crippen LogP contribution in [0.5, 0.6) is 0 Å². The van der Waals surface area contributed by atoms with E-state index >= 15 is 0 Å². The van der Waals surface area contributed by atoms with Crippen LogP contribution in [0.3, 0.4) is 0 Å². The van der Waals surface area contributed by atoms with E-state index in [0.717, 1.165) is 22.5 Å². The summed E-state index contributed by atoms with van der Waals surface area (Å²) in [6.07, 6.45) is 5.66. The van der Waals surface area contributed by atoms with Gasteiger partial charge in [-0.25, -0.2) is 0 Å². The van der Waals surface area contributed by atoms with Crippen molar-refractivity contribution in [2.24, 2.45) is 5.92 Å². The third-order valence-corrected chi connectivity index (χ3v) is 5.04. The second-order valence-corrected chi connectivity index (χ2v) is 7.11. The summed E-state index contributed by atoms with van der Waals surface area (Å²) in [5, 5.41) is 5.24. The molecule has 0 spiro atoms. The molecule has 0 saturated heterocycles. The zero-order valence-corrected chi connectivity index (χ0v) is 11.6. The highest BCUT2D eigenvalue weighted by Gasteiger charge is 2.17. The summed E-state index contributed by atoms with van der Waals surface area (Å²) in [5.41, 5.74) is 0. The van der Waals surface area contributed by atoms with Crippen LogP contribution in [0, 0.1) is 5.92 Å². The van der Waals surface area contributed by atoms with Gasteiger partial charge in [0.2, 0.25) is 0 Å². The molecule has 2 heteroatoms. The summed E-state index contributed by atoms with van der Waals surface area (Å²) in [4.78, 5) is 0. The van der Waals surface area contributed by atoms with Gasteiger partial charge in [-0.1, -0.05) is 40.5 Å². The van der Waals surface area contributed by atoms with Crippen LogP contribution >= 0.6 is 11.8 Å². The van der Waals surface area contributed by atoms with Gasteiger partial charge in [0.15, 0.2) is 0 Å². The van der Waals surface area contributed by atoms with E-state index in [0.29, 0.717) is 0 Å². The maximum Gasteiger partial charge on any atom is 0.0147 e. The third-order valence-electron chi connectivity index (χ3n) is 3.43. The predicted octanol–water partition coefficient (Wildman–Crippen LogP) is 3.68. The minimum Gasteiger partial charge on any atom is -0.313 e. The summed E-state index contributed by atoms with van der Waals surface area (Å²) in [7, 11) is 0. The molecule has 0 amide bonds. The molecular formula is C13H27NS. The van der Waals surface area contributed by atoms with E-state index in [1.807, 2.05) is 0 Å². The van der Waals surface area contributed by atoms with E-state index in [-0.39, 0.29) is 0 Å². The molecule has 1 aliphatic carbocycles. The maximum absolute atomic E-state index is 3.70. The van der Waals surface area contributed by atoms with Gasteiger partial charge in [-0.15, -0.1) is 0 Å². The van der Waals surface area contributed by atoms with Crippen molar-refractivity contribution in [2.45, 2.75) is 69.9 Å². The van der Waals surface area contributed by atoms with Gasteiger partial charge < -0.3 is 5.32 Å². The second kappa shape index (κ2) is 6.80. The molecule has 0 aliphatic heterocycles. The van der Waals surface area contributed by atoms with Crippen molar-refractivity contribution in [3.8, 4) is 0 Å². The molecule has 15 heavy (non-hydrogen) atoms. The Hall–Kier alpha value is 0.310. The first kappa shape index (κ1) is 13.4. The lowest BCUT2D eigenvalue weighted by molar-refractivity contribution is 0.525. The zero-order chi connectivity index (χ0) is 11.3. The lowest BCUT2D eigenvalue weighted by Gasteiger charge is -2.22. The van der Waals surface area contributed by atoms with Crippen molar-refractivity contribution in [3.63, 3.8) is 0 Å². The van der Waals surface area contributed by atoms with Crippen molar-refractivity contribution >= 4 is 11.8 Å². The van der Waals surface area contributed by atoms with Gasteiger partial charge in [0.05, 0.1) is 0 Å². The van der Waals surface area contributed by atoms with E-state index in [1.165, 1.54) is 32.2 Å². The molecule has 0 aromatic carbocycles. The largest absolute Gasteiger partial charge is 0.313 e. The Morgan fingerprint density at radius 1 is 1.13 bits per heavy atom. The van der Waals surface area contributed by atoms with Crippen molar-refractivity contribution in [3.05, 3.63) is 0 Å². The minimum absolute atomic E-state index is 0.753. The van der Waals surface area contributed by atoms with Crippen LogP contribution in [0.4, 0.5) is 0 Å². The molecule has 1 fully saturated rings. The fourth-order valence-corrected chi connectivity index (χ4v) is 3.27. The Morgan fingerprint density at radius 2 is 1.73 bits per heavy atom. The maximum atomic E-state index is 3.70. The third kappa shape index (κ3) is 5.26. The van der Waals surface area contributed by atoms with Gasteiger partial charge in [-0.3, -0.25) is 0 Å². The molecule has 0 radical (unpaired) electrons. The van der Waals surface area contributed by atoms with Gasteiger partial charge in [0.25, 0.3) is 0 Å². The number of thioether (sulfide) groups is 1. The van der Waals surface area contributed by atoms with Gasteiger partial charge in [-0.2, -0.15) is 11.8 Å². The molecule has 1 saturated carbocycles. The Morgan fingerprint density at radius 3 is 2.27 bits per heavy atom. The Bertz CT molecular complexity index is 164. The molecule has 2 atom stereocenters. The van der Waals surface area contributed by atoms with Crippen molar-refractivity contribution < 1.29 is 0 Å². The van der Waals surface area contributed by atoms with E-state index in [9.17, 15) is 0 Å². The van der Waals surface area contributed by atoms with Gasteiger partial charge in [0, 0.05) is 23.1 Å². The fourth-order valence-electron chi connectivity index (χ4n) is 2.03. The summed E-state index contributed by atoms with van der Waals surface area (Å²) in [5.74, 6) is 0.795. The predicted molar refractivity (Wildman–Crippen MR) is 71.6 cm³/mol. The van der Waals surface area contributed by atoms with Crippen molar-refractivity contribution in [1.29, 1.82) is 0 Å². The molecule has 90 valence electrons. The number of nitrogens with one attached hydrogen (secondary N) is 1. The van der Waals surface area contributed by atoms with Gasteiger partial charge in [0.1, 0.15) is 0 Å². The first-order chi connectivity index (χ1) is 7.09. The van der Waals surface area contributed by atoms with Gasteiger partial charge >= 0.3 is 0 Å². The van der Waals surface area contributed by atoms with Crippen LogP contribution in [-0.2, 0) is 0 Å². The lowest BCUT2D eigenvalue weighted by atomic mass is 10.2. The number of rotatable bonds is 6. The molecular weight excluding hydrogens is 202 g/mol. The number of hydrogen-bond donors (Lipinski definition) is 1. The fraction of sp³-hybridized carbons (Fsp3) is 1.00. The minimum atomic E-state index is 0.753. The molecule has 0 aromatic rings. The molecule has 1 N–H and O–H groups in total. The van der Waals surface area contributed by atoms with E-state index < -0.39 is 0 Å². The summed E-state index contributed by atoms with van der Waals surface area (Å²) in [6.45, 7) is 10.5. The molecule has 1 rings (SSSR count). The molecule has 2 unspecified atom stereocenters. The monoisotopic (exact) mass is 229 g/mol. The Balaban J connectivity index is 2.09. The highest BCUT2D eigenvalue weighted by atomic mass is 32.2. The average molecular weight is 229 g/mol. The molecule has 0 heterocycles. The van der Waals surface area contributed by atoms with Crippen molar-refractivity contribution in [2.75, 3.05) is 6.54 Å². The SMILES string of the molecule is CC(CNC1CCCC1)SC(C)C(C)C. The normalized spacial score (nSPS) is 22.2. The van der Waals surface area contributed by atoms with Gasteiger partial charge in [-0.05, 0) is 18.8 Å². The lowest BCUT2D eigenvalue weighted by Crippen LogP contribution is -2.32. The van der Waals surface area contributed by atoms with Crippen LogP contribution in [0.25, 0.3) is 0 Å². The molecule has 0 bridgehead atoms. The summed E-state index contributed by atoms with van der Waals surface area (Å²) >= 11 is 2.13. The summed E-state index contributed by atoms with van der Waals surface area (Å²) in [6, 6.07) is 0.822. The summed E-state index contributed by atoms with van der Waals surface area (Å²) < 4.78 is 0. The van der Waals surface area contributed by atoms with Crippen LogP contribution in [0.1, 0.15) is 53.4 Å². The van der Waals surface area contributed by atoms with E-state index in [2.05, 4.69) is 44.8 Å². The first-order valence-corrected chi connectivity index (χ1v) is 7.42. The zero-order valence-electron chi connectivity index (χ0n) is 10.8. The smallest absolute Gasteiger partial charge is 0.0147 e. The topological polar surface area (TPSA) is 12.0 Å². The van der Waals surface area contributed by atoms with Crippen molar-refractivity contribution in [1.82, 2.24) is 5.32 Å². The first-order valence-electron chi connectivity index (χ1n) is 6.48. The molecule has 1 nitrogen and oxygen atoms in total. The standard InChI is InChI=1S/C13H27NS/c1-10(2)12(4)15-11(3)9-14-13-7-5-6-8-13/h10-14H,5-9H2,1-4H3. The second-order valence-electron chi connectivity index (χ2n) is 5.29. The Labute approximate surface area is 99.8 Å². The van der Waals surface area contributed by atoms with Crippen LogP contribution in [0.15, 0.2) is 0 Å². The van der Waals surface area contributed by atoms with E-state index in [1.54, 1.807) is 0 Å². The number of hydrogen-bond acceptors (Lipinski definition) is 2. The van der Waals surface area contributed by atoms with Crippen LogP contribution in [0.2, 0.25) is 0 Å². The Kier molecular flexibility index (Phi) is 6.06. The molecule has 0 aromatic heterocycles. The quantitative estimate of drug-likeness (QED) is 0.745. The highest BCUT2D eigenvalue weighted by molar-refractivity contribution is 8.00. The van der Waals surface area contributed by atoms with E-state index in [4.69, 9.17) is 0 Å². The highest BCUT2D eigenvalue weighted by Crippen LogP contribution is 2.24. The van der Waals surface area contributed by atoms with Crippen LogP contribution in [-0.4, -0.2) is 23.1 Å². The average Bonchev–Trinajstić information content (AvgIpc) is 2.66. The van der Waals surface area contributed by atoms with Crippen LogP contribution < -0.4 is 5.32 Å². The molecule has 1 aliphatic rings.